The second-order valence-corrected chi connectivity index (χ2v) is 3.18. The Bertz CT molecular complexity index is 452. The maximum absolute atomic E-state index is 12.9. The highest BCUT2D eigenvalue weighted by Gasteiger charge is 2.07. The van der Waals surface area contributed by atoms with Gasteiger partial charge < -0.3 is 4.57 Å². The quantitative estimate of drug-likeness (QED) is 0.720. The maximum atomic E-state index is 12.9. The van der Waals surface area contributed by atoms with Gasteiger partial charge in [0.1, 0.15) is 5.69 Å². The van der Waals surface area contributed by atoms with Gasteiger partial charge in [-0.1, -0.05) is 6.92 Å². The minimum Gasteiger partial charge on any atom is -0.328 e. The zero-order chi connectivity index (χ0) is 10.7. The average molecular weight is 206 g/mol. The van der Waals surface area contributed by atoms with Crippen molar-refractivity contribution >= 4 is 0 Å². The molecule has 0 bridgehead atoms. The Morgan fingerprint density at radius 2 is 2.33 bits per heavy atom. The molecule has 0 aliphatic heterocycles. The molecule has 2 heterocycles. The van der Waals surface area contributed by atoms with Crippen LogP contribution in [0.15, 0.2) is 24.8 Å². The fraction of sp³-hybridized carbons (Fsp3) is 0.300. The highest BCUT2D eigenvalue weighted by Crippen LogP contribution is 2.14. The van der Waals surface area contributed by atoms with E-state index in [4.69, 9.17) is 0 Å². The number of hydrogen-bond donors (Lipinski definition) is 0. The summed E-state index contributed by atoms with van der Waals surface area (Å²) in [6.07, 6.45) is 5.73. The minimum atomic E-state index is -0.524. The Balaban J connectivity index is 2.40. The van der Waals surface area contributed by atoms with Crippen LogP contribution in [0, 0.1) is 5.95 Å². The molecule has 0 unspecified atom stereocenters. The first-order valence-corrected chi connectivity index (χ1v) is 4.80. The third-order valence-electron chi connectivity index (χ3n) is 2.03. The van der Waals surface area contributed by atoms with E-state index in [0.29, 0.717) is 5.82 Å². The second kappa shape index (κ2) is 4.16. The van der Waals surface area contributed by atoms with Crippen molar-refractivity contribution in [2.24, 2.45) is 0 Å². The molecular weight excluding hydrogens is 195 g/mol. The fourth-order valence-electron chi connectivity index (χ4n) is 1.39. The Morgan fingerprint density at radius 3 is 3.07 bits per heavy atom. The molecule has 15 heavy (non-hydrogen) atoms. The summed E-state index contributed by atoms with van der Waals surface area (Å²) >= 11 is 0. The Labute approximate surface area is 86.8 Å². The van der Waals surface area contributed by atoms with Gasteiger partial charge in [0.2, 0.25) is 5.95 Å². The first-order valence-electron chi connectivity index (χ1n) is 4.80. The summed E-state index contributed by atoms with van der Waals surface area (Å²) in [6.45, 7) is 2.89. The molecule has 0 atom stereocenters. The van der Waals surface area contributed by atoms with E-state index in [9.17, 15) is 4.39 Å². The van der Waals surface area contributed by atoms with Crippen LogP contribution < -0.4 is 0 Å². The molecule has 0 aliphatic carbocycles. The van der Waals surface area contributed by atoms with Crippen LogP contribution in [0.3, 0.4) is 0 Å². The van der Waals surface area contributed by atoms with Crippen molar-refractivity contribution in [2.75, 3.05) is 0 Å². The molecule has 4 nitrogen and oxygen atoms in total. The summed E-state index contributed by atoms with van der Waals surface area (Å²) in [5.41, 5.74) is 0.747. The predicted octanol–water partition coefficient (Wildman–Crippen LogP) is 1.89. The van der Waals surface area contributed by atoms with Crippen molar-refractivity contribution in [1.82, 2.24) is 19.5 Å². The second-order valence-electron chi connectivity index (χ2n) is 3.18. The highest BCUT2D eigenvalue weighted by atomic mass is 19.1. The van der Waals surface area contributed by atoms with Crippen molar-refractivity contribution < 1.29 is 4.39 Å². The van der Waals surface area contributed by atoms with E-state index >= 15 is 0 Å². The fourth-order valence-corrected chi connectivity index (χ4v) is 1.39. The van der Waals surface area contributed by atoms with Gasteiger partial charge in [-0.2, -0.15) is 9.37 Å². The van der Waals surface area contributed by atoms with Crippen molar-refractivity contribution in [2.45, 2.75) is 19.9 Å². The summed E-state index contributed by atoms with van der Waals surface area (Å²) in [7, 11) is 0. The van der Waals surface area contributed by atoms with E-state index in [2.05, 4.69) is 21.9 Å². The summed E-state index contributed by atoms with van der Waals surface area (Å²) in [6, 6.07) is 1.23. The predicted molar refractivity (Wildman–Crippen MR) is 53.5 cm³/mol. The highest BCUT2D eigenvalue weighted by molar-refractivity contribution is 5.47. The molecule has 0 fully saturated rings. The first-order chi connectivity index (χ1) is 7.31. The smallest absolute Gasteiger partial charge is 0.216 e. The van der Waals surface area contributed by atoms with Crippen LogP contribution in [0.1, 0.15) is 13.3 Å². The summed E-state index contributed by atoms with van der Waals surface area (Å²) in [5, 5.41) is 0. The topological polar surface area (TPSA) is 43.6 Å². The lowest BCUT2D eigenvalue weighted by molar-refractivity contribution is 0.579. The molecule has 2 aromatic heterocycles. The number of nitrogens with zero attached hydrogens (tertiary/aromatic N) is 4. The van der Waals surface area contributed by atoms with Gasteiger partial charge in [0.05, 0.1) is 12.5 Å². The third kappa shape index (κ3) is 2.01. The molecule has 0 saturated heterocycles. The van der Waals surface area contributed by atoms with E-state index in [1.165, 1.54) is 12.3 Å². The normalized spacial score (nSPS) is 10.5. The lowest BCUT2D eigenvalue weighted by Crippen LogP contribution is -2.00. The Hall–Kier alpha value is -1.78. The van der Waals surface area contributed by atoms with E-state index in [0.717, 1.165) is 18.7 Å². The number of imidazole rings is 1. The third-order valence-corrected chi connectivity index (χ3v) is 2.03. The van der Waals surface area contributed by atoms with Crippen LogP contribution in [0.5, 0.6) is 0 Å². The first kappa shape index (κ1) is 9.76. The molecule has 0 saturated carbocycles. The Morgan fingerprint density at radius 1 is 1.47 bits per heavy atom. The lowest BCUT2D eigenvalue weighted by atomic mass is 10.4. The van der Waals surface area contributed by atoms with Gasteiger partial charge in [-0.05, 0) is 6.42 Å². The lowest BCUT2D eigenvalue weighted by Gasteiger charge is -2.04. The van der Waals surface area contributed by atoms with Gasteiger partial charge in [-0.15, -0.1) is 0 Å². The van der Waals surface area contributed by atoms with Crippen LogP contribution >= 0.6 is 0 Å². The number of rotatable bonds is 3. The van der Waals surface area contributed by atoms with Gasteiger partial charge in [0.15, 0.2) is 5.82 Å². The largest absolute Gasteiger partial charge is 0.328 e. The Kier molecular flexibility index (Phi) is 2.71. The summed E-state index contributed by atoms with van der Waals surface area (Å²) < 4.78 is 14.8. The van der Waals surface area contributed by atoms with Crippen LogP contribution in [0.2, 0.25) is 0 Å². The van der Waals surface area contributed by atoms with Crippen molar-refractivity contribution in [3.8, 4) is 11.5 Å². The molecule has 0 radical (unpaired) electrons. The van der Waals surface area contributed by atoms with Crippen LogP contribution in [0.4, 0.5) is 4.39 Å². The number of aryl methyl sites for hydroxylation is 1. The van der Waals surface area contributed by atoms with Gasteiger partial charge in [-0.3, -0.25) is 0 Å². The summed E-state index contributed by atoms with van der Waals surface area (Å²) in [5.74, 6) is -0.148. The molecule has 2 aromatic rings. The monoisotopic (exact) mass is 206 g/mol. The molecule has 78 valence electrons. The van der Waals surface area contributed by atoms with Gasteiger partial charge in [0, 0.05) is 18.8 Å². The molecule has 0 aromatic carbocycles. The molecule has 5 heteroatoms. The van der Waals surface area contributed by atoms with E-state index < -0.39 is 5.95 Å². The van der Waals surface area contributed by atoms with Gasteiger partial charge in [-0.25, -0.2) is 9.97 Å². The van der Waals surface area contributed by atoms with Crippen molar-refractivity contribution in [3.05, 3.63) is 30.7 Å². The SMILES string of the molecule is CCCn1cncc1-c1nccc(F)n1. The molecular formula is C10H11FN4. The van der Waals surface area contributed by atoms with E-state index in [-0.39, 0.29) is 0 Å². The average Bonchev–Trinajstić information content (AvgIpc) is 2.66. The zero-order valence-corrected chi connectivity index (χ0v) is 8.39. The molecule has 0 amide bonds. The molecule has 0 aliphatic rings. The number of halogens is 1. The van der Waals surface area contributed by atoms with Crippen LogP contribution in [0.25, 0.3) is 11.5 Å². The molecule has 0 spiro atoms. The van der Waals surface area contributed by atoms with E-state index in [1.807, 2.05) is 4.57 Å². The molecule has 0 N–H and O–H groups in total. The maximum Gasteiger partial charge on any atom is 0.216 e. The standard InChI is InChI=1S/C10H11FN4/c1-2-5-15-7-12-6-8(15)10-13-4-3-9(11)14-10/h3-4,6-7H,2,5H2,1H3. The number of aromatic nitrogens is 4. The van der Waals surface area contributed by atoms with E-state index in [1.54, 1.807) is 12.5 Å². The summed E-state index contributed by atoms with van der Waals surface area (Å²) in [4.78, 5) is 11.7. The number of hydrogen-bond acceptors (Lipinski definition) is 3. The van der Waals surface area contributed by atoms with Crippen molar-refractivity contribution in [3.63, 3.8) is 0 Å². The van der Waals surface area contributed by atoms with Crippen LogP contribution in [-0.2, 0) is 6.54 Å². The van der Waals surface area contributed by atoms with Crippen LogP contribution in [-0.4, -0.2) is 19.5 Å². The molecule has 2 rings (SSSR count). The zero-order valence-electron chi connectivity index (χ0n) is 8.39. The van der Waals surface area contributed by atoms with Gasteiger partial charge >= 0.3 is 0 Å². The minimum absolute atomic E-state index is 0.376. The van der Waals surface area contributed by atoms with Crippen molar-refractivity contribution in [1.29, 1.82) is 0 Å². The van der Waals surface area contributed by atoms with Gasteiger partial charge in [0.25, 0.3) is 0 Å².